The second-order valence-corrected chi connectivity index (χ2v) is 4.76. The monoisotopic (exact) mass is 248 g/mol. The highest BCUT2D eigenvalue weighted by molar-refractivity contribution is 7.19. The van der Waals surface area contributed by atoms with E-state index in [4.69, 9.17) is 0 Å². The second-order valence-electron chi connectivity index (χ2n) is 3.80. The fraction of sp³-hybridized carbons (Fsp3) is 0.400. The molecule has 0 bridgehead atoms. The van der Waals surface area contributed by atoms with Crippen LogP contribution in [0.2, 0.25) is 0 Å². The van der Waals surface area contributed by atoms with Gasteiger partial charge in [-0.25, -0.2) is 4.98 Å². The third kappa shape index (κ3) is 2.33. The summed E-state index contributed by atoms with van der Waals surface area (Å²) in [6, 6.07) is 0. The molecule has 1 aliphatic heterocycles. The highest BCUT2D eigenvalue weighted by atomic mass is 32.1. The molecule has 0 spiro atoms. The van der Waals surface area contributed by atoms with Crippen LogP contribution in [0, 0.1) is 0 Å². The fourth-order valence-electron chi connectivity index (χ4n) is 1.78. The molecule has 0 unspecified atom stereocenters. The first kappa shape index (κ1) is 10.4. The Bertz CT molecular complexity index is 479. The van der Waals surface area contributed by atoms with Crippen LogP contribution < -0.4 is 10.2 Å². The maximum absolute atomic E-state index is 4.18. The van der Waals surface area contributed by atoms with Crippen LogP contribution in [0.15, 0.2) is 18.6 Å². The summed E-state index contributed by atoms with van der Waals surface area (Å²) in [5.41, 5.74) is 0. The van der Waals surface area contributed by atoms with Crippen molar-refractivity contribution >= 4 is 27.4 Å². The Morgan fingerprint density at radius 1 is 1.18 bits per heavy atom. The molecule has 2 aromatic rings. The molecule has 0 aromatic carbocycles. The Kier molecular flexibility index (Phi) is 2.83. The van der Waals surface area contributed by atoms with Crippen LogP contribution in [0.25, 0.3) is 0 Å². The van der Waals surface area contributed by atoms with Crippen LogP contribution >= 0.6 is 11.3 Å². The van der Waals surface area contributed by atoms with E-state index in [0.29, 0.717) is 5.82 Å². The van der Waals surface area contributed by atoms with Gasteiger partial charge in [-0.2, -0.15) is 0 Å². The minimum Gasteiger partial charge on any atom is -0.347 e. The van der Waals surface area contributed by atoms with Gasteiger partial charge in [-0.1, -0.05) is 11.3 Å². The van der Waals surface area contributed by atoms with Gasteiger partial charge in [-0.15, -0.1) is 10.2 Å². The van der Waals surface area contributed by atoms with E-state index in [-0.39, 0.29) is 0 Å². The molecule has 0 atom stereocenters. The Labute approximate surface area is 103 Å². The van der Waals surface area contributed by atoms with E-state index in [1.807, 2.05) is 0 Å². The molecule has 7 heteroatoms. The van der Waals surface area contributed by atoms with Crippen LogP contribution in [0.1, 0.15) is 12.8 Å². The number of nitrogens with one attached hydrogen (secondary N) is 1. The SMILES string of the molecule is c1cnc(Nc2nnc(N3CCCC3)s2)cn1. The Balaban J connectivity index is 1.72. The van der Waals surface area contributed by atoms with E-state index < -0.39 is 0 Å². The summed E-state index contributed by atoms with van der Waals surface area (Å²) in [5, 5.41) is 13.1. The molecule has 0 radical (unpaired) electrons. The highest BCUT2D eigenvalue weighted by Crippen LogP contribution is 2.28. The number of nitrogens with zero attached hydrogens (tertiary/aromatic N) is 5. The van der Waals surface area contributed by atoms with E-state index >= 15 is 0 Å². The van der Waals surface area contributed by atoms with Crippen molar-refractivity contribution in [2.75, 3.05) is 23.3 Å². The predicted octanol–water partition coefficient (Wildman–Crippen LogP) is 1.67. The van der Waals surface area contributed by atoms with E-state index in [9.17, 15) is 0 Å². The van der Waals surface area contributed by atoms with Crippen LogP contribution in [0.4, 0.5) is 16.1 Å². The summed E-state index contributed by atoms with van der Waals surface area (Å²) in [7, 11) is 0. The first-order valence-corrected chi connectivity index (χ1v) is 6.35. The van der Waals surface area contributed by atoms with Gasteiger partial charge in [0.2, 0.25) is 10.3 Å². The molecule has 2 aromatic heterocycles. The Morgan fingerprint density at radius 3 is 2.82 bits per heavy atom. The van der Waals surface area contributed by atoms with E-state index in [0.717, 1.165) is 23.4 Å². The zero-order chi connectivity index (χ0) is 11.5. The maximum atomic E-state index is 4.18. The largest absolute Gasteiger partial charge is 0.347 e. The van der Waals surface area contributed by atoms with Crippen LogP contribution in [-0.2, 0) is 0 Å². The summed E-state index contributed by atoms with van der Waals surface area (Å²) < 4.78 is 0. The molecule has 0 saturated carbocycles. The van der Waals surface area contributed by atoms with Gasteiger partial charge in [-0.05, 0) is 12.8 Å². The minimum absolute atomic E-state index is 0.691. The van der Waals surface area contributed by atoms with Crippen LogP contribution in [0.3, 0.4) is 0 Å². The molecule has 1 aliphatic rings. The molecule has 3 heterocycles. The van der Waals surface area contributed by atoms with Gasteiger partial charge < -0.3 is 10.2 Å². The average molecular weight is 248 g/mol. The predicted molar refractivity (Wildman–Crippen MR) is 66.7 cm³/mol. The van der Waals surface area contributed by atoms with Gasteiger partial charge in [0.15, 0.2) is 5.82 Å². The summed E-state index contributed by atoms with van der Waals surface area (Å²) in [4.78, 5) is 10.4. The van der Waals surface area contributed by atoms with Gasteiger partial charge in [0.1, 0.15) is 0 Å². The van der Waals surface area contributed by atoms with Crippen molar-refractivity contribution in [1.82, 2.24) is 20.2 Å². The van der Waals surface area contributed by atoms with Crippen molar-refractivity contribution in [2.45, 2.75) is 12.8 Å². The van der Waals surface area contributed by atoms with Crippen LogP contribution in [-0.4, -0.2) is 33.3 Å². The maximum Gasteiger partial charge on any atom is 0.213 e. The lowest BCUT2D eigenvalue weighted by atomic mass is 10.4. The summed E-state index contributed by atoms with van der Waals surface area (Å²) >= 11 is 1.55. The molecule has 1 fully saturated rings. The molecular formula is C10H12N6S. The van der Waals surface area contributed by atoms with Crippen molar-refractivity contribution in [3.05, 3.63) is 18.6 Å². The molecular weight excluding hydrogens is 236 g/mol. The molecule has 1 saturated heterocycles. The van der Waals surface area contributed by atoms with Crippen molar-refractivity contribution in [2.24, 2.45) is 0 Å². The summed E-state index contributed by atoms with van der Waals surface area (Å²) in [6.45, 7) is 2.17. The third-order valence-corrected chi connectivity index (χ3v) is 3.49. The lowest BCUT2D eigenvalue weighted by Gasteiger charge is -2.10. The summed E-state index contributed by atoms with van der Waals surface area (Å²) in [6.07, 6.45) is 7.43. The number of hydrogen-bond donors (Lipinski definition) is 1. The number of aromatic nitrogens is 4. The van der Waals surface area contributed by atoms with Gasteiger partial charge >= 0.3 is 0 Å². The first-order chi connectivity index (χ1) is 8.42. The smallest absolute Gasteiger partial charge is 0.213 e. The number of rotatable bonds is 3. The van der Waals surface area contributed by atoms with Gasteiger partial charge in [0.05, 0.1) is 6.20 Å². The lowest BCUT2D eigenvalue weighted by molar-refractivity contribution is 0.928. The lowest BCUT2D eigenvalue weighted by Crippen LogP contribution is -2.17. The second kappa shape index (κ2) is 4.62. The van der Waals surface area contributed by atoms with Crippen molar-refractivity contribution in [1.29, 1.82) is 0 Å². The van der Waals surface area contributed by atoms with Crippen molar-refractivity contribution < 1.29 is 0 Å². The topological polar surface area (TPSA) is 66.8 Å². The minimum atomic E-state index is 0.691. The van der Waals surface area contributed by atoms with E-state index in [1.54, 1.807) is 29.9 Å². The van der Waals surface area contributed by atoms with Crippen molar-refractivity contribution in [3.63, 3.8) is 0 Å². The van der Waals surface area contributed by atoms with Gasteiger partial charge in [0.25, 0.3) is 0 Å². The zero-order valence-electron chi connectivity index (χ0n) is 9.20. The first-order valence-electron chi connectivity index (χ1n) is 5.53. The van der Waals surface area contributed by atoms with E-state index in [1.165, 1.54) is 12.8 Å². The van der Waals surface area contributed by atoms with Gasteiger partial charge in [-0.3, -0.25) is 4.98 Å². The fourth-order valence-corrected chi connectivity index (χ4v) is 2.58. The number of hydrogen-bond acceptors (Lipinski definition) is 7. The average Bonchev–Trinajstić information content (AvgIpc) is 3.00. The summed E-state index contributed by atoms with van der Waals surface area (Å²) in [5.74, 6) is 0.691. The molecule has 3 rings (SSSR count). The molecule has 6 nitrogen and oxygen atoms in total. The molecule has 88 valence electrons. The Hall–Kier alpha value is -1.76. The molecule has 1 N–H and O–H groups in total. The third-order valence-electron chi connectivity index (χ3n) is 2.59. The normalized spacial score (nSPS) is 15.2. The molecule has 17 heavy (non-hydrogen) atoms. The van der Waals surface area contributed by atoms with Crippen molar-refractivity contribution in [3.8, 4) is 0 Å². The highest BCUT2D eigenvalue weighted by Gasteiger charge is 2.16. The van der Waals surface area contributed by atoms with Crippen LogP contribution in [0.5, 0.6) is 0 Å². The number of anilines is 3. The molecule has 0 amide bonds. The quantitative estimate of drug-likeness (QED) is 0.891. The standard InChI is InChI=1S/C10H12N6S/c1-2-6-16(5-1)10-15-14-9(17-10)13-8-7-11-3-4-12-8/h3-4,7H,1-2,5-6H2,(H,12,13,14). The zero-order valence-corrected chi connectivity index (χ0v) is 10.0. The van der Waals surface area contributed by atoms with E-state index in [2.05, 4.69) is 30.4 Å². The Morgan fingerprint density at radius 2 is 2.06 bits per heavy atom. The molecule has 0 aliphatic carbocycles. The van der Waals surface area contributed by atoms with Gasteiger partial charge in [0, 0.05) is 25.5 Å².